The Morgan fingerprint density at radius 2 is 1.57 bits per heavy atom. The lowest BCUT2D eigenvalue weighted by Gasteiger charge is -2.15. The van der Waals surface area contributed by atoms with Crippen molar-refractivity contribution in [2.75, 3.05) is 23.8 Å². The van der Waals surface area contributed by atoms with Gasteiger partial charge in [-0.3, -0.25) is 0 Å². The summed E-state index contributed by atoms with van der Waals surface area (Å²) in [6.45, 7) is 5.30. The lowest BCUT2D eigenvalue weighted by Crippen LogP contribution is -2.12. The summed E-state index contributed by atoms with van der Waals surface area (Å²) in [7, 11) is 0. The number of unbranched alkanes of at least 4 members (excludes halogenated alkanes) is 3. The zero-order valence-electron chi connectivity index (χ0n) is 20.0. The van der Waals surface area contributed by atoms with Crippen LogP contribution in [0.3, 0.4) is 0 Å². The third-order valence-electron chi connectivity index (χ3n) is 5.04. The van der Waals surface area contributed by atoms with Gasteiger partial charge in [0.15, 0.2) is 0 Å². The van der Waals surface area contributed by atoms with E-state index >= 15 is 0 Å². The second-order valence-electron chi connectivity index (χ2n) is 8.01. The molecule has 1 heterocycles. The van der Waals surface area contributed by atoms with Crippen LogP contribution in [-0.2, 0) is 6.18 Å². The van der Waals surface area contributed by atoms with Crippen LogP contribution in [0.4, 0.5) is 36.3 Å². The fraction of sp³-hybridized carbons (Fsp3) is 0.385. The molecule has 188 valence electrons. The van der Waals surface area contributed by atoms with Gasteiger partial charge in [0.2, 0.25) is 5.95 Å². The zero-order chi connectivity index (χ0) is 25.1. The molecular weight excluding hydrogens is 457 g/mol. The number of alkyl halides is 3. The monoisotopic (exact) mass is 488 g/mol. The molecule has 6 nitrogen and oxygen atoms in total. The Balaban J connectivity index is 1.72. The summed E-state index contributed by atoms with van der Waals surface area (Å²) in [5, 5.41) is 5.71. The van der Waals surface area contributed by atoms with E-state index in [-0.39, 0.29) is 11.8 Å². The van der Waals surface area contributed by atoms with Gasteiger partial charge in [-0.25, -0.2) is 4.98 Å². The second kappa shape index (κ2) is 12.8. The molecule has 0 aliphatic heterocycles. The predicted octanol–water partition coefficient (Wildman–Crippen LogP) is 7.73. The van der Waals surface area contributed by atoms with Gasteiger partial charge >= 0.3 is 6.18 Å². The summed E-state index contributed by atoms with van der Waals surface area (Å²) in [4.78, 5) is 7.96. The third-order valence-corrected chi connectivity index (χ3v) is 5.04. The molecule has 0 aliphatic rings. The summed E-state index contributed by atoms with van der Waals surface area (Å²) in [6, 6.07) is 13.9. The van der Waals surface area contributed by atoms with Crippen LogP contribution in [0, 0.1) is 0 Å². The molecule has 0 bridgehead atoms. The zero-order valence-corrected chi connectivity index (χ0v) is 20.0. The number of hydrogen-bond acceptors (Lipinski definition) is 6. The Morgan fingerprint density at radius 3 is 2.29 bits per heavy atom. The van der Waals surface area contributed by atoms with Gasteiger partial charge in [-0.2, -0.15) is 18.2 Å². The van der Waals surface area contributed by atoms with Crippen molar-refractivity contribution in [2.45, 2.75) is 52.1 Å². The molecule has 0 saturated carbocycles. The molecule has 9 heteroatoms. The van der Waals surface area contributed by atoms with Crippen LogP contribution < -0.4 is 20.1 Å². The van der Waals surface area contributed by atoms with Crippen LogP contribution in [0.25, 0.3) is 0 Å². The number of ether oxygens (including phenoxy) is 2. The first kappa shape index (κ1) is 26.1. The molecule has 0 aliphatic carbocycles. The Kier molecular flexibility index (Phi) is 9.57. The van der Waals surface area contributed by atoms with Crippen molar-refractivity contribution in [2.24, 2.45) is 0 Å². The number of anilines is 4. The maximum Gasteiger partial charge on any atom is 0.421 e. The van der Waals surface area contributed by atoms with Crippen LogP contribution >= 0.6 is 0 Å². The average molecular weight is 489 g/mol. The number of aromatic nitrogens is 2. The van der Waals surface area contributed by atoms with Crippen molar-refractivity contribution in [3.63, 3.8) is 0 Å². The third kappa shape index (κ3) is 8.35. The number of nitrogens with zero attached hydrogens (tertiary/aromatic N) is 2. The van der Waals surface area contributed by atoms with E-state index in [1.165, 1.54) is 12.8 Å². The first-order chi connectivity index (χ1) is 16.9. The van der Waals surface area contributed by atoms with Gasteiger partial charge in [0.1, 0.15) is 22.9 Å². The summed E-state index contributed by atoms with van der Waals surface area (Å²) in [5.41, 5.74) is 0.0907. The fourth-order valence-electron chi connectivity index (χ4n) is 3.25. The molecule has 3 aromatic rings. The molecule has 0 radical (unpaired) electrons. The molecule has 0 saturated heterocycles. The van der Waals surface area contributed by atoms with E-state index in [2.05, 4.69) is 27.5 Å². The van der Waals surface area contributed by atoms with Crippen molar-refractivity contribution in [1.82, 2.24) is 9.97 Å². The molecule has 2 aromatic carbocycles. The number of hydrogen-bond donors (Lipinski definition) is 2. The molecule has 0 unspecified atom stereocenters. The molecule has 35 heavy (non-hydrogen) atoms. The highest BCUT2D eigenvalue weighted by Crippen LogP contribution is 2.35. The predicted molar refractivity (Wildman–Crippen MR) is 132 cm³/mol. The largest absolute Gasteiger partial charge is 0.494 e. The van der Waals surface area contributed by atoms with Crippen LogP contribution in [-0.4, -0.2) is 23.2 Å². The van der Waals surface area contributed by atoms with Crippen molar-refractivity contribution in [1.29, 1.82) is 0 Å². The number of rotatable bonds is 13. The number of nitrogens with one attached hydrogen (secondary N) is 2. The second-order valence-corrected chi connectivity index (χ2v) is 8.01. The van der Waals surface area contributed by atoms with Crippen molar-refractivity contribution in [3.8, 4) is 11.5 Å². The minimum atomic E-state index is -4.62. The van der Waals surface area contributed by atoms with Crippen LogP contribution in [0.2, 0.25) is 0 Å². The summed E-state index contributed by atoms with van der Waals surface area (Å²) in [5.74, 6) is 0.972. The van der Waals surface area contributed by atoms with E-state index in [9.17, 15) is 13.2 Å². The fourth-order valence-corrected chi connectivity index (χ4v) is 3.25. The minimum absolute atomic E-state index is 0.0344. The molecule has 2 N–H and O–H groups in total. The standard InChI is InChI=1S/C26H31F3N4O2/c1-3-5-6-7-16-35-21-13-11-19(12-14-21)32-25-30-18-23(26(27,28)29)24(33-25)31-20-9-8-10-22(17-20)34-15-4-2/h8-14,17-18H,3-7,15-16H2,1-2H3,(H2,30,31,32,33). The SMILES string of the molecule is CCCCCCOc1ccc(Nc2ncc(C(F)(F)F)c(Nc3cccc(OCCC)c3)n2)cc1. The normalized spacial score (nSPS) is 11.2. The Morgan fingerprint density at radius 1 is 0.800 bits per heavy atom. The molecule has 3 rings (SSSR count). The summed E-state index contributed by atoms with van der Waals surface area (Å²) in [6.07, 6.45) is 1.46. The Bertz CT molecular complexity index is 1060. The van der Waals surface area contributed by atoms with Crippen LogP contribution in [0.15, 0.2) is 54.7 Å². The Labute approximate surface area is 203 Å². The van der Waals surface area contributed by atoms with Crippen molar-refractivity contribution < 1.29 is 22.6 Å². The van der Waals surface area contributed by atoms with Gasteiger partial charge in [-0.05, 0) is 49.2 Å². The van der Waals surface area contributed by atoms with Gasteiger partial charge in [0.25, 0.3) is 0 Å². The summed E-state index contributed by atoms with van der Waals surface area (Å²) >= 11 is 0. The quantitative estimate of drug-likeness (QED) is 0.240. The maximum absolute atomic E-state index is 13.6. The smallest absolute Gasteiger partial charge is 0.421 e. The molecule has 0 spiro atoms. The molecule has 0 atom stereocenters. The lowest BCUT2D eigenvalue weighted by molar-refractivity contribution is -0.137. The highest BCUT2D eigenvalue weighted by molar-refractivity contribution is 5.64. The minimum Gasteiger partial charge on any atom is -0.494 e. The van der Waals surface area contributed by atoms with E-state index in [1.54, 1.807) is 48.5 Å². The van der Waals surface area contributed by atoms with E-state index < -0.39 is 11.7 Å². The van der Waals surface area contributed by atoms with E-state index in [4.69, 9.17) is 9.47 Å². The molecule has 0 fully saturated rings. The van der Waals surface area contributed by atoms with Crippen LogP contribution in [0.5, 0.6) is 11.5 Å². The van der Waals surface area contributed by atoms with E-state index in [0.29, 0.717) is 30.3 Å². The first-order valence-corrected chi connectivity index (χ1v) is 11.8. The number of halogens is 3. The van der Waals surface area contributed by atoms with E-state index in [0.717, 1.165) is 31.2 Å². The van der Waals surface area contributed by atoms with Crippen molar-refractivity contribution >= 4 is 23.1 Å². The van der Waals surface area contributed by atoms with Gasteiger partial charge in [0.05, 0.1) is 13.2 Å². The summed E-state index contributed by atoms with van der Waals surface area (Å²) < 4.78 is 52.1. The molecule has 1 aromatic heterocycles. The van der Waals surface area contributed by atoms with Gasteiger partial charge < -0.3 is 20.1 Å². The number of benzene rings is 2. The molecule has 0 amide bonds. The lowest BCUT2D eigenvalue weighted by atomic mass is 10.2. The highest BCUT2D eigenvalue weighted by Gasteiger charge is 2.35. The van der Waals surface area contributed by atoms with Gasteiger partial charge in [-0.1, -0.05) is 39.2 Å². The highest BCUT2D eigenvalue weighted by atomic mass is 19.4. The topological polar surface area (TPSA) is 68.3 Å². The Hall–Kier alpha value is -3.49. The van der Waals surface area contributed by atoms with Gasteiger partial charge in [0, 0.05) is 23.6 Å². The average Bonchev–Trinajstić information content (AvgIpc) is 2.83. The van der Waals surface area contributed by atoms with E-state index in [1.807, 2.05) is 6.92 Å². The first-order valence-electron chi connectivity index (χ1n) is 11.8. The van der Waals surface area contributed by atoms with Crippen LogP contribution in [0.1, 0.15) is 51.5 Å². The maximum atomic E-state index is 13.6. The van der Waals surface area contributed by atoms with Crippen molar-refractivity contribution in [3.05, 3.63) is 60.3 Å². The molecular formula is C26H31F3N4O2. The van der Waals surface area contributed by atoms with Gasteiger partial charge in [-0.15, -0.1) is 0 Å².